The Morgan fingerprint density at radius 3 is 2.34 bits per heavy atom. The summed E-state index contributed by atoms with van der Waals surface area (Å²) >= 11 is 0. The number of benzene rings is 2. The molecule has 2 aromatic rings. The zero-order chi connectivity index (χ0) is 21.0. The molecule has 0 aliphatic carbocycles. The summed E-state index contributed by atoms with van der Waals surface area (Å²) in [4.78, 5) is 26.5. The van der Waals surface area contributed by atoms with Crippen molar-refractivity contribution in [1.29, 1.82) is 0 Å². The molecule has 0 radical (unpaired) electrons. The second-order valence-corrected chi connectivity index (χ2v) is 8.86. The first-order chi connectivity index (χ1) is 13.8. The lowest BCUT2D eigenvalue weighted by Gasteiger charge is -2.21. The number of amides is 1. The first kappa shape index (κ1) is 21.0. The lowest BCUT2D eigenvalue weighted by molar-refractivity contribution is -0.126. The molecule has 154 valence electrons. The number of carbonyl (C=O) groups excluding carboxylic acids is 2. The molecule has 0 unspecified atom stereocenters. The van der Waals surface area contributed by atoms with E-state index in [9.17, 15) is 18.0 Å². The van der Waals surface area contributed by atoms with Crippen molar-refractivity contribution in [2.75, 3.05) is 25.0 Å². The minimum Gasteiger partial charge on any atom is -0.449 e. The predicted octanol–water partition coefficient (Wildman–Crippen LogP) is 2.68. The Labute approximate surface area is 170 Å². The highest BCUT2D eigenvalue weighted by atomic mass is 32.2. The molecule has 0 bridgehead atoms. The largest absolute Gasteiger partial charge is 0.449 e. The van der Waals surface area contributed by atoms with Gasteiger partial charge in [0, 0.05) is 25.8 Å². The fourth-order valence-electron chi connectivity index (χ4n) is 3.19. The number of anilines is 1. The van der Waals surface area contributed by atoms with E-state index in [0.717, 1.165) is 12.8 Å². The zero-order valence-corrected chi connectivity index (χ0v) is 17.3. The minimum atomic E-state index is -3.64. The fraction of sp³-hybridized carbons (Fsp3) is 0.333. The van der Waals surface area contributed by atoms with Crippen LogP contribution in [0.3, 0.4) is 0 Å². The average molecular weight is 416 g/mol. The second-order valence-electron chi connectivity index (χ2n) is 6.92. The fourth-order valence-corrected chi connectivity index (χ4v) is 4.76. The Balaban J connectivity index is 1.71. The molecule has 1 aliphatic rings. The summed E-state index contributed by atoms with van der Waals surface area (Å²) in [7, 11) is -2.04. The molecule has 1 saturated heterocycles. The van der Waals surface area contributed by atoms with E-state index >= 15 is 0 Å². The topological polar surface area (TPSA) is 84.0 Å². The summed E-state index contributed by atoms with van der Waals surface area (Å²) in [5.41, 5.74) is 0.770. The molecule has 0 saturated carbocycles. The monoisotopic (exact) mass is 416 g/mol. The molecule has 7 nitrogen and oxygen atoms in total. The van der Waals surface area contributed by atoms with Crippen LogP contribution < -0.4 is 4.90 Å². The van der Waals surface area contributed by atoms with Gasteiger partial charge in [0.25, 0.3) is 5.91 Å². The number of rotatable bonds is 6. The summed E-state index contributed by atoms with van der Waals surface area (Å²) in [6.07, 6.45) is 0.636. The highest BCUT2D eigenvalue weighted by Crippen LogP contribution is 2.22. The van der Waals surface area contributed by atoms with Crippen LogP contribution in [0.5, 0.6) is 0 Å². The van der Waals surface area contributed by atoms with Crippen molar-refractivity contribution in [1.82, 2.24) is 4.31 Å². The Morgan fingerprint density at radius 1 is 1.03 bits per heavy atom. The van der Waals surface area contributed by atoms with E-state index in [1.54, 1.807) is 19.2 Å². The number of esters is 1. The van der Waals surface area contributed by atoms with Gasteiger partial charge in [-0.2, -0.15) is 4.31 Å². The number of sulfonamides is 1. The van der Waals surface area contributed by atoms with E-state index in [0.29, 0.717) is 18.8 Å². The molecular formula is C21H24N2O5S. The normalized spacial score (nSPS) is 15.7. The molecule has 0 spiro atoms. The molecule has 3 rings (SSSR count). The van der Waals surface area contributed by atoms with Crippen molar-refractivity contribution < 1.29 is 22.7 Å². The van der Waals surface area contributed by atoms with Crippen LogP contribution in [0.25, 0.3) is 0 Å². The summed E-state index contributed by atoms with van der Waals surface area (Å²) in [6.45, 7) is 2.45. The number of likely N-dealkylation sites (N-methyl/N-ethyl adjacent to an activating group) is 1. The molecule has 1 heterocycles. The van der Waals surface area contributed by atoms with Crippen LogP contribution in [-0.4, -0.2) is 50.8 Å². The lowest BCUT2D eigenvalue weighted by atomic mass is 10.2. The standard InChI is InChI=1S/C21H24N2O5S/c1-16(20(24)22(2)18-10-4-3-5-11-18)28-21(25)17-9-8-12-19(15-17)29(26,27)23-13-6-7-14-23/h3-5,8-12,15-16H,6-7,13-14H2,1-2H3/t16-/m1/s1. The van der Waals surface area contributed by atoms with Gasteiger partial charge in [0.1, 0.15) is 0 Å². The number of carbonyl (C=O) groups is 2. The van der Waals surface area contributed by atoms with E-state index in [1.807, 2.05) is 18.2 Å². The SMILES string of the molecule is C[C@@H](OC(=O)c1cccc(S(=O)(=O)N2CCCC2)c1)C(=O)N(C)c1ccccc1. The third kappa shape index (κ3) is 4.65. The summed E-state index contributed by atoms with van der Waals surface area (Å²) in [5.74, 6) is -1.13. The van der Waals surface area contributed by atoms with Gasteiger partial charge in [-0.15, -0.1) is 0 Å². The van der Waals surface area contributed by atoms with Crippen molar-refractivity contribution in [3.8, 4) is 0 Å². The average Bonchev–Trinajstić information content (AvgIpc) is 3.29. The zero-order valence-electron chi connectivity index (χ0n) is 16.4. The number of hydrogen-bond acceptors (Lipinski definition) is 5. The molecular weight excluding hydrogens is 392 g/mol. The Hall–Kier alpha value is -2.71. The number of para-hydroxylation sites is 1. The van der Waals surface area contributed by atoms with Gasteiger partial charge >= 0.3 is 5.97 Å². The molecule has 0 N–H and O–H groups in total. The Kier molecular flexibility index (Phi) is 6.34. The van der Waals surface area contributed by atoms with E-state index in [4.69, 9.17) is 4.74 Å². The first-order valence-electron chi connectivity index (χ1n) is 9.44. The quantitative estimate of drug-likeness (QED) is 0.676. The van der Waals surface area contributed by atoms with Crippen LogP contribution >= 0.6 is 0 Å². The molecule has 0 aromatic heterocycles. The van der Waals surface area contributed by atoms with Crippen LogP contribution in [0.4, 0.5) is 5.69 Å². The number of ether oxygens (including phenoxy) is 1. The van der Waals surface area contributed by atoms with Gasteiger partial charge in [0.05, 0.1) is 10.5 Å². The third-order valence-corrected chi connectivity index (χ3v) is 6.77. The van der Waals surface area contributed by atoms with E-state index in [-0.39, 0.29) is 16.4 Å². The third-order valence-electron chi connectivity index (χ3n) is 4.88. The summed E-state index contributed by atoms with van der Waals surface area (Å²) in [5, 5.41) is 0. The minimum absolute atomic E-state index is 0.0502. The Morgan fingerprint density at radius 2 is 1.69 bits per heavy atom. The molecule has 2 aromatic carbocycles. The van der Waals surface area contributed by atoms with Crippen molar-refractivity contribution in [2.45, 2.75) is 30.8 Å². The van der Waals surface area contributed by atoms with Crippen molar-refractivity contribution in [3.63, 3.8) is 0 Å². The van der Waals surface area contributed by atoms with Crippen LogP contribution in [0.2, 0.25) is 0 Å². The van der Waals surface area contributed by atoms with E-state index in [1.165, 1.54) is 40.4 Å². The van der Waals surface area contributed by atoms with Gasteiger partial charge in [-0.05, 0) is 50.1 Å². The molecule has 1 atom stereocenters. The van der Waals surface area contributed by atoms with E-state index in [2.05, 4.69) is 0 Å². The highest BCUT2D eigenvalue weighted by Gasteiger charge is 2.28. The second kappa shape index (κ2) is 8.75. The number of hydrogen-bond donors (Lipinski definition) is 0. The van der Waals surface area contributed by atoms with Crippen LogP contribution in [0, 0.1) is 0 Å². The van der Waals surface area contributed by atoms with Gasteiger partial charge in [0.15, 0.2) is 6.10 Å². The predicted molar refractivity (Wildman–Crippen MR) is 109 cm³/mol. The van der Waals surface area contributed by atoms with Crippen LogP contribution in [0.1, 0.15) is 30.1 Å². The molecule has 29 heavy (non-hydrogen) atoms. The van der Waals surface area contributed by atoms with Crippen molar-refractivity contribution in [2.24, 2.45) is 0 Å². The Bertz CT molecular complexity index is 985. The maximum atomic E-state index is 12.7. The van der Waals surface area contributed by atoms with Gasteiger partial charge < -0.3 is 9.64 Å². The summed E-state index contributed by atoms with van der Waals surface area (Å²) in [6, 6.07) is 14.7. The highest BCUT2D eigenvalue weighted by molar-refractivity contribution is 7.89. The van der Waals surface area contributed by atoms with Crippen molar-refractivity contribution in [3.05, 3.63) is 60.2 Å². The molecule has 1 fully saturated rings. The van der Waals surface area contributed by atoms with Crippen LogP contribution in [-0.2, 0) is 19.6 Å². The lowest BCUT2D eigenvalue weighted by Crippen LogP contribution is -2.37. The first-order valence-corrected chi connectivity index (χ1v) is 10.9. The summed E-state index contributed by atoms with van der Waals surface area (Å²) < 4.78 is 32.1. The van der Waals surface area contributed by atoms with Gasteiger partial charge in [-0.3, -0.25) is 4.79 Å². The molecule has 1 amide bonds. The van der Waals surface area contributed by atoms with Gasteiger partial charge in [-0.1, -0.05) is 24.3 Å². The van der Waals surface area contributed by atoms with Crippen LogP contribution in [0.15, 0.2) is 59.5 Å². The molecule has 8 heteroatoms. The van der Waals surface area contributed by atoms with Crippen molar-refractivity contribution >= 4 is 27.6 Å². The number of nitrogens with zero attached hydrogens (tertiary/aromatic N) is 2. The molecule has 1 aliphatic heterocycles. The maximum Gasteiger partial charge on any atom is 0.338 e. The van der Waals surface area contributed by atoms with Gasteiger partial charge in [0.2, 0.25) is 10.0 Å². The van der Waals surface area contributed by atoms with E-state index < -0.39 is 22.1 Å². The maximum absolute atomic E-state index is 12.7. The van der Waals surface area contributed by atoms with Gasteiger partial charge in [-0.25, -0.2) is 13.2 Å². The smallest absolute Gasteiger partial charge is 0.338 e.